The van der Waals surface area contributed by atoms with Gasteiger partial charge in [-0.1, -0.05) is 24.8 Å². The molecule has 0 bridgehead atoms. The summed E-state index contributed by atoms with van der Waals surface area (Å²) in [6, 6.07) is 6.59. The van der Waals surface area contributed by atoms with E-state index in [-0.39, 0.29) is 0 Å². The lowest BCUT2D eigenvalue weighted by Gasteiger charge is -2.10. The van der Waals surface area contributed by atoms with Crippen LogP contribution in [0, 0.1) is 6.92 Å². The monoisotopic (exact) mass is 347 g/mol. The summed E-state index contributed by atoms with van der Waals surface area (Å²) in [7, 11) is 3.87. The van der Waals surface area contributed by atoms with E-state index in [1.54, 1.807) is 10.8 Å². The molecule has 2 N–H and O–H groups in total. The van der Waals surface area contributed by atoms with Gasteiger partial charge in [-0.3, -0.25) is 9.78 Å². The Balaban J connectivity index is 2.04. The molecule has 0 aliphatic rings. The van der Waals surface area contributed by atoms with Crippen molar-refractivity contribution in [2.45, 2.75) is 20.4 Å². The molecule has 3 aromatic rings. The zero-order chi connectivity index (χ0) is 18.7. The van der Waals surface area contributed by atoms with Crippen LogP contribution in [0.1, 0.15) is 34.9 Å². The Bertz CT molecular complexity index is 959. The van der Waals surface area contributed by atoms with E-state index in [1.165, 1.54) is 22.3 Å². The summed E-state index contributed by atoms with van der Waals surface area (Å²) in [4.78, 5) is 0. The molecule has 0 unspecified atom stereocenters. The van der Waals surface area contributed by atoms with Crippen LogP contribution >= 0.6 is 0 Å². The van der Waals surface area contributed by atoms with Gasteiger partial charge in [0.15, 0.2) is 0 Å². The van der Waals surface area contributed by atoms with E-state index >= 15 is 0 Å². The van der Waals surface area contributed by atoms with Gasteiger partial charge >= 0.3 is 0 Å². The molecule has 0 fully saturated rings. The first-order valence-electron chi connectivity index (χ1n) is 8.66. The van der Waals surface area contributed by atoms with Crippen LogP contribution in [0.3, 0.4) is 0 Å². The molecule has 2 aromatic heterocycles. The molecule has 0 aliphatic heterocycles. The van der Waals surface area contributed by atoms with Gasteiger partial charge in [-0.05, 0) is 55.3 Å². The van der Waals surface area contributed by atoms with Crippen LogP contribution in [-0.4, -0.2) is 27.0 Å². The summed E-state index contributed by atoms with van der Waals surface area (Å²) in [5, 5.41) is 15.0. The van der Waals surface area contributed by atoms with Gasteiger partial charge in [-0.25, -0.2) is 0 Å². The fourth-order valence-electron chi connectivity index (χ4n) is 3.21. The second kappa shape index (κ2) is 7.54. The van der Waals surface area contributed by atoms with Crippen molar-refractivity contribution in [3.05, 3.63) is 65.1 Å². The average Bonchev–Trinajstić information content (AvgIpc) is 3.21. The molecule has 0 saturated heterocycles. The number of H-pyrrole nitrogens is 1. The molecule has 0 atom stereocenters. The van der Waals surface area contributed by atoms with Gasteiger partial charge in [-0.15, -0.1) is 0 Å². The average molecular weight is 347 g/mol. The Kier molecular flexibility index (Phi) is 5.19. The van der Waals surface area contributed by atoms with Crippen LogP contribution < -0.4 is 5.32 Å². The van der Waals surface area contributed by atoms with Gasteiger partial charge in [0, 0.05) is 30.9 Å². The maximum atomic E-state index is 4.48. The van der Waals surface area contributed by atoms with Crippen LogP contribution in [0.25, 0.3) is 29.0 Å². The highest BCUT2D eigenvalue weighted by Crippen LogP contribution is 2.29. The second-order valence-electron chi connectivity index (χ2n) is 6.51. The third-order valence-corrected chi connectivity index (χ3v) is 4.47. The van der Waals surface area contributed by atoms with E-state index in [0.717, 1.165) is 29.1 Å². The highest BCUT2D eigenvalue weighted by molar-refractivity contribution is 5.88. The maximum absolute atomic E-state index is 4.48. The molecule has 3 rings (SSSR count). The quantitative estimate of drug-likeness (QED) is 0.707. The Morgan fingerprint density at radius 1 is 1.38 bits per heavy atom. The minimum Gasteiger partial charge on any atom is -0.316 e. The first-order chi connectivity index (χ1) is 12.5. The maximum Gasteiger partial charge on any atom is 0.103 e. The molecular formula is C21H25N5. The van der Waals surface area contributed by atoms with E-state index in [1.807, 2.05) is 26.5 Å². The predicted octanol–water partition coefficient (Wildman–Crippen LogP) is 4.04. The Morgan fingerprint density at radius 2 is 2.19 bits per heavy atom. The molecule has 0 saturated carbocycles. The fourth-order valence-corrected chi connectivity index (χ4v) is 3.21. The van der Waals surface area contributed by atoms with Crippen LogP contribution in [0.4, 0.5) is 0 Å². The van der Waals surface area contributed by atoms with Crippen molar-refractivity contribution in [3.8, 4) is 11.3 Å². The lowest BCUT2D eigenvalue weighted by molar-refractivity contribution is 0.768. The minimum atomic E-state index is 0.872. The number of hydrogen-bond donors (Lipinski definition) is 2. The van der Waals surface area contributed by atoms with Crippen molar-refractivity contribution in [2.75, 3.05) is 7.05 Å². The number of benzene rings is 1. The summed E-state index contributed by atoms with van der Waals surface area (Å²) in [5.74, 6) is 0. The van der Waals surface area contributed by atoms with Crippen LogP contribution in [0.15, 0.2) is 37.2 Å². The van der Waals surface area contributed by atoms with Gasteiger partial charge in [0.25, 0.3) is 0 Å². The summed E-state index contributed by atoms with van der Waals surface area (Å²) >= 11 is 0. The lowest BCUT2D eigenvalue weighted by atomic mass is 9.96. The summed E-state index contributed by atoms with van der Waals surface area (Å²) in [5.41, 5.74) is 8.78. The number of rotatable bonds is 6. The first-order valence-corrected chi connectivity index (χ1v) is 8.66. The first kappa shape index (κ1) is 17.9. The molecule has 1 aromatic carbocycles. The lowest BCUT2D eigenvalue weighted by Crippen LogP contribution is -2.05. The zero-order valence-corrected chi connectivity index (χ0v) is 15.8. The summed E-state index contributed by atoms with van der Waals surface area (Å²) in [6.07, 6.45) is 7.76. The second-order valence-corrected chi connectivity index (χ2v) is 6.51. The van der Waals surface area contributed by atoms with Crippen LogP contribution in [0.2, 0.25) is 0 Å². The fraction of sp³-hybridized carbons (Fsp3) is 0.238. The molecule has 0 spiro atoms. The molecule has 26 heavy (non-hydrogen) atoms. The third kappa shape index (κ3) is 3.53. The standard InChI is InChI=1S/C21H25N5/c1-6-20-19(21(25-24-20)17-12-23-26(5)13-17)10-15(3)18-8-7-16(11-22-4)9-14(18)2/h6-10,12-13,22H,1,11H2,2-5H3,(H,24,25)/b15-10+. The van der Waals surface area contributed by atoms with Crippen LogP contribution in [-0.2, 0) is 13.6 Å². The van der Waals surface area contributed by atoms with Crippen molar-refractivity contribution in [1.29, 1.82) is 0 Å². The van der Waals surface area contributed by atoms with Crippen molar-refractivity contribution < 1.29 is 0 Å². The molecule has 5 nitrogen and oxygen atoms in total. The van der Waals surface area contributed by atoms with Gasteiger partial charge < -0.3 is 5.32 Å². The van der Waals surface area contributed by atoms with Crippen molar-refractivity contribution >= 4 is 17.7 Å². The topological polar surface area (TPSA) is 58.5 Å². The van der Waals surface area contributed by atoms with E-state index in [0.29, 0.717) is 0 Å². The summed E-state index contributed by atoms with van der Waals surface area (Å²) in [6.45, 7) is 9.06. The predicted molar refractivity (Wildman–Crippen MR) is 108 cm³/mol. The minimum absolute atomic E-state index is 0.872. The number of nitrogens with zero attached hydrogens (tertiary/aromatic N) is 3. The third-order valence-electron chi connectivity index (χ3n) is 4.47. The highest BCUT2D eigenvalue weighted by atomic mass is 15.2. The molecule has 0 aliphatic carbocycles. The number of aromatic amines is 1. The molecule has 0 amide bonds. The van der Waals surface area contributed by atoms with Gasteiger partial charge in [-0.2, -0.15) is 10.2 Å². The number of nitrogens with one attached hydrogen (secondary N) is 2. The van der Waals surface area contributed by atoms with Crippen molar-refractivity contribution in [3.63, 3.8) is 0 Å². The molecule has 0 radical (unpaired) electrons. The Morgan fingerprint density at radius 3 is 2.81 bits per heavy atom. The number of aromatic nitrogens is 4. The number of aryl methyl sites for hydroxylation is 2. The largest absolute Gasteiger partial charge is 0.316 e. The number of hydrogen-bond acceptors (Lipinski definition) is 3. The van der Waals surface area contributed by atoms with Crippen molar-refractivity contribution in [1.82, 2.24) is 25.3 Å². The van der Waals surface area contributed by atoms with Gasteiger partial charge in [0.05, 0.1) is 11.9 Å². The van der Waals surface area contributed by atoms with E-state index < -0.39 is 0 Å². The molecular weight excluding hydrogens is 322 g/mol. The van der Waals surface area contributed by atoms with E-state index in [2.05, 4.69) is 65.3 Å². The molecule has 5 heteroatoms. The smallest absolute Gasteiger partial charge is 0.103 e. The number of allylic oxidation sites excluding steroid dienone is 1. The zero-order valence-electron chi connectivity index (χ0n) is 15.8. The normalized spacial score (nSPS) is 11.8. The van der Waals surface area contributed by atoms with Gasteiger partial charge in [0.2, 0.25) is 0 Å². The molecule has 2 heterocycles. The highest BCUT2D eigenvalue weighted by Gasteiger charge is 2.14. The van der Waals surface area contributed by atoms with Gasteiger partial charge in [0.1, 0.15) is 5.69 Å². The van der Waals surface area contributed by atoms with Crippen molar-refractivity contribution in [2.24, 2.45) is 7.05 Å². The SMILES string of the molecule is C=Cc1[nH]nc(-c2cnn(C)c2)c1/C=C(\C)c1ccc(CNC)cc1C. The molecule has 134 valence electrons. The van der Waals surface area contributed by atoms with Crippen LogP contribution in [0.5, 0.6) is 0 Å². The Hall–Kier alpha value is -2.92. The Labute approximate surface area is 154 Å². The van der Waals surface area contributed by atoms with E-state index in [9.17, 15) is 0 Å². The van der Waals surface area contributed by atoms with E-state index in [4.69, 9.17) is 0 Å². The summed E-state index contributed by atoms with van der Waals surface area (Å²) < 4.78 is 1.78.